The zero-order chi connectivity index (χ0) is 11.3. The van der Waals surface area contributed by atoms with Gasteiger partial charge in [0.05, 0.1) is 5.04 Å². The summed E-state index contributed by atoms with van der Waals surface area (Å²) in [6.45, 7) is 8.19. The highest BCUT2D eigenvalue weighted by molar-refractivity contribution is 8.16. The quantitative estimate of drug-likeness (QED) is 0.685. The van der Waals surface area contributed by atoms with Crippen LogP contribution in [-0.2, 0) is 0 Å². The minimum atomic E-state index is 0.264. The molecule has 0 bridgehead atoms. The molecule has 3 heteroatoms. The molecule has 1 atom stereocenters. The predicted molar refractivity (Wildman–Crippen MR) is 73.0 cm³/mol. The summed E-state index contributed by atoms with van der Waals surface area (Å²) in [5.41, 5.74) is 0. The molecule has 0 aliphatic carbocycles. The fourth-order valence-electron chi connectivity index (χ4n) is 1.25. The minimum Gasteiger partial charge on any atom is -0.270 e. The van der Waals surface area contributed by atoms with E-state index in [1.165, 1.54) is 9.75 Å². The van der Waals surface area contributed by atoms with Gasteiger partial charge in [0.15, 0.2) is 0 Å². The third-order valence-electron chi connectivity index (χ3n) is 1.87. The SMILES string of the molecule is CC.CC1=NC(c2ccc(C)s2)C=CS1. The van der Waals surface area contributed by atoms with Crippen LogP contribution in [0.15, 0.2) is 28.6 Å². The Bertz CT molecular complexity index is 363. The molecule has 1 aromatic heterocycles. The van der Waals surface area contributed by atoms with E-state index >= 15 is 0 Å². The van der Waals surface area contributed by atoms with Crippen molar-refractivity contribution in [2.24, 2.45) is 4.99 Å². The molecule has 0 fully saturated rings. The molecule has 1 aliphatic heterocycles. The Morgan fingerprint density at radius 2 is 1.93 bits per heavy atom. The number of hydrogen-bond donors (Lipinski definition) is 0. The monoisotopic (exact) mass is 239 g/mol. The summed E-state index contributed by atoms with van der Waals surface area (Å²) in [6.07, 6.45) is 2.16. The van der Waals surface area contributed by atoms with Crippen molar-refractivity contribution in [2.75, 3.05) is 0 Å². The van der Waals surface area contributed by atoms with E-state index in [2.05, 4.69) is 42.5 Å². The fraction of sp³-hybridized carbons (Fsp3) is 0.417. The molecule has 1 nitrogen and oxygen atoms in total. The number of rotatable bonds is 1. The van der Waals surface area contributed by atoms with Crippen molar-refractivity contribution in [3.63, 3.8) is 0 Å². The van der Waals surface area contributed by atoms with Gasteiger partial charge in [-0.15, -0.1) is 11.3 Å². The average molecular weight is 239 g/mol. The molecule has 0 aromatic carbocycles. The van der Waals surface area contributed by atoms with Crippen LogP contribution in [0.3, 0.4) is 0 Å². The molecule has 0 spiro atoms. The summed E-state index contributed by atoms with van der Waals surface area (Å²) in [5, 5.41) is 3.28. The molecule has 1 aliphatic rings. The third-order valence-corrected chi connectivity index (χ3v) is 3.68. The van der Waals surface area contributed by atoms with Crippen molar-refractivity contribution in [1.29, 1.82) is 0 Å². The second-order valence-corrected chi connectivity index (χ2v) is 5.41. The fourth-order valence-corrected chi connectivity index (χ4v) is 2.75. The van der Waals surface area contributed by atoms with E-state index in [9.17, 15) is 0 Å². The Kier molecular flexibility index (Phi) is 5.12. The number of nitrogens with zero attached hydrogens (tertiary/aromatic N) is 1. The zero-order valence-corrected chi connectivity index (χ0v) is 11.3. The molecule has 0 N–H and O–H groups in total. The normalized spacial score (nSPS) is 19.2. The van der Waals surface area contributed by atoms with Gasteiger partial charge in [0, 0.05) is 9.75 Å². The number of aryl methyl sites for hydroxylation is 1. The zero-order valence-electron chi connectivity index (χ0n) is 9.65. The van der Waals surface area contributed by atoms with Gasteiger partial charge in [-0.3, -0.25) is 4.99 Å². The number of aliphatic imine (C=N–C) groups is 1. The lowest BCUT2D eigenvalue weighted by Crippen LogP contribution is -1.95. The van der Waals surface area contributed by atoms with Gasteiger partial charge in [-0.2, -0.15) is 0 Å². The minimum absolute atomic E-state index is 0.264. The van der Waals surface area contributed by atoms with Crippen LogP contribution in [0.1, 0.15) is 36.6 Å². The van der Waals surface area contributed by atoms with Gasteiger partial charge < -0.3 is 0 Å². The summed E-state index contributed by atoms with van der Waals surface area (Å²) < 4.78 is 0. The highest BCUT2D eigenvalue weighted by Crippen LogP contribution is 2.31. The first-order valence-electron chi connectivity index (χ1n) is 5.20. The highest BCUT2D eigenvalue weighted by atomic mass is 32.2. The molecule has 2 heterocycles. The molecule has 1 unspecified atom stereocenters. The number of thiophene rings is 1. The lowest BCUT2D eigenvalue weighted by atomic mass is 10.2. The highest BCUT2D eigenvalue weighted by Gasteiger charge is 2.11. The maximum absolute atomic E-state index is 4.57. The lowest BCUT2D eigenvalue weighted by molar-refractivity contribution is 0.940. The van der Waals surface area contributed by atoms with E-state index in [1.807, 2.05) is 25.2 Å². The van der Waals surface area contributed by atoms with Crippen molar-refractivity contribution in [2.45, 2.75) is 33.7 Å². The van der Waals surface area contributed by atoms with Crippen molar-refractivity contribution < 1.29 is 0 Å². The van der Waals surface area contributed by atoms with Crippen molar-refractivity contribution in [3.05, 3.63) is 33.4 Å². The molecule has 0 saturated carbocycles. The molecule has 0 amide bonds. The number of hydrogen-bond acceptors (Lipinski definition) is 3. The molecular weight excluding hydrogens is 222 g/mol. The summed E-state index contributed by atoms with van der Waals surface area (Å²) in [7, 11) is 0. The molecule has 1 aromatic rings. The van der Waals surface area contributed by atoms with Crippen LogP contribution in [0.5, 0.6) is 0 Å². The van der Waals surface area contributed by atoms with E-state index in [0.29, 0.717) is 0 Å². The van der Waals surface area contributed by atoms with Crippen LogP contribution < -0.4 is 0 Å². The Morgan fingerprint density at radius 3 is 2.47 bits per heavy atom. The topological polar surface area (TPSA) is 12.4 Å². The van der Waals surface area contributed by atoms with Crippen LogP contribution in [0.4, 0.5) is 0 Å². The predicted octanol–water partition coefficient (Wildman–Crippen LogP) is 4.80. The van der Waals surface area contributed by atoms with E-state index in [4.69, 9.17) is 0 Å². The van der Waals surface area contributed by atoms with Crippen molar-refractivity contribution in [3.8, 4) is 0 Å². The standard InChI is InChI=1S/C10H11NS2.C2H6/c1-7-3-4-10(13-7)9-5-6-12-8(2)11-9;1-2/h3-6,9H,1-2H3;1-2H3. The van der Waals surface area contributed by atoms with Crippen LogP contribution in [-0.4, -0.2) is 5.04 Å². The summed E-state index contributed by atoms with van der Waals surface area (Å²) >= 11 is 3.53. The summed E-state index contributed by atoms with van der Waals surface area (Å²) in [4.78, 5) is 7.27. The van der Waals surface area contributed by atoms with E-state index < -0.39 is 0 Å². The van der Waals surface area contributed by atoms with Crippen LogP contribution in [0.25, 0.3) is 0 Å². The molecular formula is C12H17NS2. The lowest BCUT2D eigenvalue weighted by Gasteiger charge is -2.10. The van der Waals surface area contributed by atoms with Gasteiger partial charge in [-0.05, 0) is 37.5 Å². The van der Waals surface area contributed by atoms with E-state index in [-0.39, 0.29) is 6.04 Å². The van der Waals surface area contributed by atoms with Crippen LogP contribution >= 0.6 is 23.1 Å². The molecule has 0 saturated heterocycles. The third kappa shape index (κ3) is 3.50. The van der Waals surface area contributed by atoms with Gasteiger partial charge in [-0.1, -0.05) is 25.6 Å². The maximum Gasteiger partial charge on any atom is 0.104 e. The second-order valence-electron chi connectivity index (χ2n) is 2.99. The Labute approximate surface area is 100 Å². The smallest absolute Gasteiger partial charge is 0.104 e. The van der Waals surface area contributed by atoms with Gasteiger partial charge in [0.2, 0.25) is 0 Å². The van der Waals surface area contributed by atoms with Crippen LogP contribution in [0.2, 0.25) is 0 Å². The Morgan fingerprint density at radius 1 is 1.20 bits per heavy atom. The van der Waals surface area contributed by atoms with Gasteiger partial charge in [-0.25, -0.2) is 0 Å². The van der Waals surface area contributed by atoms with Crippen molar-refractivity contribution >= 4 is 28.1 Å². The summed E-state index contributed by atoms with van der Waals surface area (Å²) in [5.74, 6) is 0. The van der Waals surface area contributed by atoms with Gasteiger partial charge in [0.1, 0.15) is 6.04 Å². The van der Waals surface area contributed by atoms with Gasteiger partial charge >= 0.3 is 0 Å². The molecule has 2 rings (SSSR count). The maximum atomic E-state index is 4.57. The first-order chi connectivity index (χ1) is 7.25. The molecule has 15 heavy (non-hydrogen) atoms. The molecule has 0 radical (unpaired) electrons. The van der Waals surface area contributed by atoms with Crippen molar-refractivity contribution in [1.82, 2.24) is 0 Å². The second kappa shape index (κ2) is 6.13. The molecule has 82 valence electrons. The van der Waals surface area contributed by atoms with E-state index in [1.54, 1.807) is 11.8 Å². The van der Waals surface area contributed by atoms with E-state index in [0.717, 1.165) is 5.04 Å². The summed E-state index contributed by atoms with van der Waals surface area (Å²) in [6, 6.07) is 4.59. The largest absolute Gasteiger partial charge is 0.270 e. The first kappa shape index (κ1) is 12.5. The van der Waals surface area contributed by atoms with Crippen LogP contribution in [0, 0.1) is 6.92 Å². The Hall–Kier alpha value is -0.540. The van der Waals surface area contributed by atoms with Gasteiger partial charge in [0.25, 0.3) is 0 Å². The average Bonchev–Trinajstić information content (AvgIpc) is 2.68. The first-order valence-corrected chi connectivity index (χ1v) is 6.89. The number of thioether (sulfide) groups is 1. The Balaban J connectivity index is 0.000000531.